The molecule has 0 aromatic rings. The molecule has 0 saturated heterocycles. The minimum absolute atomic E-state index is 0.0817. The lowest BCUT2D eigenvalue weighted by atomic mass is 9.64. The van der Waals surface area contributed by atoms with Crippen molar-refractivity contribution in [1.29, 1.82) is 0 Å². The lowest BCUT2D eigenvalue weighted by molar-refractivity contribution is -0.102. The first-order valence-electron chi connectivity index (χ1n) is 6.12. The van der Waals surface area contributed by atoms with Gasteiger partial charge in [-0.2, -0.15) is 0 Å². The maximum absolute atomic E-state index is 10.8. The summed E-state index contributed by atoms with van der Waals surface area (Å²) in [7, 11) is 0. The predicted octanol–water partition coefficient (Wildman–Crippen LogP) is 3.39. The molecule has 2 saturated carbocycles. The van der Waals surface area contributed by atoms with Crippen LogP contribution in [0.1, 0.15) is 47.0 Å². The zero-order chi connectivity index (χ0) is 11.5. The lowest BCUT2D eigenvalue weighted by Gasteiger charge is -2.45. The third kappa shape index (κ3) is 1.03. The second-order valence-corrected chi connectivity index (χ2v) is 6.48. The fraction of sp³-hybridized carbons (Fsp3) is 0.857. The number of hydrogen-bond donors (Lipinski definition) is 1. The van der Waals surface area contributed by atoms with E-state index in [1.807, 2.05) is 13.0 Å². The first-order valence-corrected chi connectivity index (χ1v) is 6.12. The zero-order valence-corrected chi connectivity index (χ0v) is 10.5. The van der Waals surface area contributed by atoms with Gasteiger partial charge in [0.25, 0.3) is 0 Å². The average Bonchev–Trinajstić information content (AvgIpc) is 2.40. The SMILES string of the molecule is C=CC[C@H]1[C@H]2CC[C@](C)(C2(C)C)[C@]1(C)O. The molecule has 0 amide bonds. The van der Waals surface area contributed by atoms with Crippen molar-refractivity contribution in [2.24, 2.45) is 22.7 Å². The van der Waals surface area contributed by atoms with Crippen molar-refractivity contribution >= 4 is 0 Å². The topological polar surface area (TPSA) is 20.2 Å². The molecule has 2 bridgehead atoms. The Balaban J connectivity index is 2.45. The maximum atomic E-state index is 10.8. The van der Waals surface area contributed by atoms with Gasteiger partial charge in [-0.3, -0.25) is 0 Å². The normalized spacial score (nSPS) is 52.1. The summed E-state index contributed by atoms with van der Waals surface area (Å²) in [6, 6.07) is 0. The predicted molar refractivity (Wildman–Crippen MR) is 63.5 cm³/mol. The number of allylic oxidation sites excluding steroid dienone is 1. The van der Waals surface area contributed by atoms with Crippen molar-refractivity contribution in [3.05, 3.63) is 12.7 Å². The van der Waals surface area contributed by atoms with Crippen LogP contribution >= 0.6 is 0 Å². The molecule has 2 aliphatic rings. The van der Waals surface area contributed by atoms with Crippen LogP contribution in [0.3, 0.4) is 0 Å². The second kappa shape index (κ2) is 2.88. The fourth-order valence-electron chi connectivity index (χ4n) is 4.52. The van der Waals surface area contributed by atoms with Crippen molar-refractivity contribution in [3.63, 3.8) is 0 Å². The molecule has 4 atom stereocenters. The average molecular weight is 208 g/mol. The van der Waals surface area contributed by atoms with E-state index in [-0.39, 0.29) is 10.8 Å². The Morgan fingerprint density at radius 3 is 2.33 bits per heavy atom. The summed E-state index contributed by atoms with van der Waals surface area (Å²) in [5, 5.41) is 10.8. The van der Waals surface area contributed by atoms with E-state index in [4.69, 9.17) is 0 Å². The Morgan fingerprint density at radius 2 is 1.93 bits per heavy atom. The van der Waals surface area contributed by atoms with Crippen molar-refractivity contribution in [2.75, 3.05) is 0 Å². The van der Waals surface area contributed by atoms with Gasteiger partial charge in [0.15, 0.2) is 0 Å². The molecule has 0 spiro atoms. The smallest absolute Gasteiger partial charge is 0.0712 e. The Labute approximate surface area is 93.6 Å². The van der Waals surface area contributed by atoms with E-state index in [2.05, 4.69) is 27.4 Å². The van der Waals surface area contributed by atoms with Crippen LogP contribution < -0.4 is 0 Å². The van der Waals surface area contributed by atoms with Crippen LogP contribution in [0.15, 0.2) is 12.7 Å². The largest absolute Gasteiger partial charge is 0.389 e. The Kier molecular flexibility index (Phi) is 2.15. The quantitative estimate of drug-likeness (QED) is 0.690. The molecule has 0 aromatic carbocycles. The molecule has 0 aliphatic heterocycles. The third-order valence-corrected chi connectivity index (χ3v) is 6.05. The van der Waals surface area contributed by atoms with Gasteiger partial charge in [-0.15, -0.1) is 6.58 Å². The van der Waals surface area contributed by atoms with Gasteiger partial charge >= 0.3 is 0 Å². The Bertz CT molecular complexity index is 290. The van der Waals surface area contributed by atoms with E-state index in [9.17, 15) is 5.11 Å². The zero-order valence-electron chi connectivity index (χ0n) is 10.5. The molecule has 0 aromatic heterocycles. The van der Waals surface area contributed by atoms with Gasteiger partial charge in [0.1, 0.15) is 0 Å². The summed E-state index contributed by atoms with van der Waals surface area (Å²) in [4.78, 5) is 0. The summed E-state index contributed by atoms with van der Waals surface area (Å²) in [6.07, 6.45) is 5.37. The van der Waals surface area contributed by atoms with Crippen LogP contribution in [0.4, 0.5) is 0 Å². The summed E-state index contributed by atoms with van der Waals surface area (Å²) in [5.74, 6) is 1.07. The molecule has 2 aliphatic carbocycles. The minimum atomic E-state index is -0.520. The van der Waals surface area contributed by atoms with E-state index in [1.54, 1.807) is 0 Å². The first kappa shape index (κ1) is 11.2. The molecule has 86 valence electrons. The van der Waals surface area contributed by atoms with Crippen molar-refractivity contribution < 1.29 is 5.11 Å². The summed E-state index contributed by atoms with van der Waals surface area (Å²) >= 11 is 0. The van der Waals surface area contributed by atoms with Crippen molar-refractivity contribution in [1.82, 2.24) is 0 Å². The molecule has 1 N–H and O–H groups in total. The first-order chi connectivity index (χ1) is 6.79. The molecular formula is C14H24O. The van der Waals surface area contributed by atoms with Crippen LogP contribution in [0.25, 0.3) is 0 Å². The molecule has 0 heterocycles. The van der Waals surface area contributed by atoms with Gasteiger partial charge in [0.2, 0.25) is 0 Å². The van der Waals surface area contributed by atoms with Gasteiger partial charge < -0.3 is 5.11 Å². The molecule has 1 heteroatoms. The van der Waals surface area contributed by atoms with E-state index in [1.165, 1.54) is 12.8 Å². The molecule has 0 unspecified atom stereocenters. The highest BCUT2D eigenvalue weighted by Crippen LogP contribution is 2.72. The Morgan fingerprint density at radius 1 is 1.33 bits per heavy atom. The molecule has 2 fully saturated rings. The van der Waals surface area contributed by atoms with E-state index in [0.717, 1.165) is 6.42 Å². The number of fused-ring (bicyclic) bond motifs is 2. The van der Waals surface area contributed by atoms with E-state index in [0.29, 0.717) is 11.8 Å². The van der Waals surface area contributed by atoms with Crippen LogP contribution in [0.2, 0.25) is 0 Å². The standard InChI is InChI=1S/C14H24O/c1-6-7-11-10-8-9-13(4,12(10,2)3)14(11,5)15/h6,10-11,15H,1,7-9H2,2-5H3/t10-,11+,13-,14-/m1/s1. The number of aliphatic hydroxyl groups is 1. The minimum Gasteiger partial charge on any atom is -0.389 e. The van der Waals surface area contributed by atoms with Crippen molar-refractivity contribution in [2.45, 2.75) is 52.6 Å². The van der Waals surface area contributed by atoms with Crippen LogP contribution in [-0.4, -0.2) is 10.7 Å². The second-order valence-electron chi connectivity index (χ2n) is 6.48. The van der Waals surface area contributed by atoms with Crippen LogP contribution in [-0.2, 0) is 0 Å². The summed E-state index contributed by atoms with van der Waals surface area (Å²) in [6.45, 7) is 12.8. The van der Waals surface area contributed by atoms with Gasteiger partial charge in [-0.1, -0.05) is 26.8 Å². The third-order valence-electron chi connectivity index (χ3n) is 6.05. The van der Waals surface area contributed by atoms with Gasteiger partial charge in [0.05, 0.1) is 5.60 Å². The summed E-state index contributed by atoms with van der Waals surface area (Å²) < 4.78 is 0. The summed E-state index contributed by atoms with van der Waals surface area (Å²) in [5.41, 5.74) is -0.171. The highest BCUT2D eigenvalue weighted by Gasteiger charge is 2.70. The number of rotatable bonds is 2. The van der Waals surface area contributed by atoms with Gasteiger partial charge in [-0.25, -0.2) is 0 Å². The van der Waals surface area contributed by atoms with E-state index >= 15 is 0 Å². The molecule has 1 nitrogen and oxygen atoms in total. The van der Waals surface area contributed by atoms with Gasteiger partial charge in [-0.05, 0) is 43.4 Å². The monoisotopic (exact) mass is 208 g/mol. The van der Waals surface area contributed by atoms with Crippen LogP contribution in [0, 0.1) is 22.7 Å². The molecule has 0 radical (unpaired) electrons. The van der Waals surface area contributed by atoms with Gasteiger partial charge in [0, 0.05) is 5.41 Å². The van der Waals surface area contributed by atoms with Crippen molar-refractivity contribution in [3.8, 4) is 0 Å². The molecular weight excluding hydrogens is 184 g/mol. The highest BCUT2D eigenvalue weighted by atomic mass is 16.3. The maximum Gasteiger partial charge on any atom is 0.0712 e. The molecule has 15 heavy (non-hydrogen) atoms. The molecule has 2 rings (SSSR count). The number of hydrogen-bond acceptors (Lipinski definition) is 1. The van der Waals surface area contributed by atoms with Crippen LogP contribution in [0.5, 0.6) is 0 Å². The lowest BCUT2D eigenvalue weighted by Crippen LogP contribution is -2.48. The fourth-order valence-corrected chi connectivity index (χ4v) is 4.52. The highest BCUT2D eigenvalue weighted by molar-refractivity contribution is 5.20. The van der Waals surface area contributed by atoms with E-state index < -0.39 is 5.60 Å². The Hall–Kier alpha value is -0.300.